The van der Waals surface area contributed by atoms with E-state index in [1.165, 1.54) is 5.01 Å². The van der Waals surface area contributed by atoms with Gasteiger partial charge in [0.1, 0.15) is 5.71 Å². The van der Waals surface area contributed by atoms with Gasteiger partial charge in [-0.2, -0.15) is 5.10 Å². The molecule has 0 fully saturated rings. The SMILES string of the molecule is Cc1cc(NC(=O)C2=NN(c3ccccc3)C(=O)CC2)ccc1N(C)C. The number of hydrogen-bond acceptors (Lipinski definition) is 4. The summed E-state index contributed by atoms with van der Waals surface area (Å²) in [7, 11) is 3.96. The van der Waals surface area contributed by atoms with Crippen LogP contribution in [0, 0.1) is 6.92 Å². The van der Waals surface area contributed by atoms with Crippen LogP contribution in [0.15, 0.2) is 53.6 Å². The molecule has 0 spiro atoms. The van der Waals surface area contributed by atoms with Crippen LogP contribution in [0.2, 0.25) is 0 Å². The van der Waals surface area contributed by atoms with Crippen LogP contribution >= 0.6 is 0 Å². The molecule has 0 saturated carbocycles. The molecule has 0 saturated heterocycles. The maximum absolute atomic E-state index is 12.6. The number of aryl methyl sites for hydroxylation is 1. The molecule has 2 aromatic carbocycles. The fraction of sp³-hybridized carbons (Fsp3) is 0.250. The lowest BCUT2D eigenvalue weighted by Gasteiger charge is -2.23. The first-order valence-corrected chi connectivity index (χ1v) is 8.50. The summed E-state index contributed by atoms with van der Waals surface area (Å²) in [5.41, 5.74) is 3.89. The first-order valence-electron chi connectivity index (χ1n) is 8.50. The molecule has 2 amide bonds. The highest BCUT2D eigenvalue weighted by molar-refractivity contribution is 6.44. The van der Waals surface area contributed by atoms with E-state index in [2.05, 4.69) is 10.4 Å². The summed E-state index contributed by atoms with van der Waals surface area (Å²) in [6.07, 6.45) is 0.600. The van der Waals surface area contributed by atoms with E-state index in [4.69, 9.17) is 0 Å². The fourth-order valence-corrected chi connectivity index (χ4v) is 2.93. The Morgan fingerprint density at radius 1 is 1.12 bits per heavy atom. The molecular weight excluding hydrogens is 328 g/mol. The summed E-state index contributed by atoms with van der Waals surface area (Å²) >= 11 is 0. The van der Waals surface area contributed by atoms with Gasteiger partial charge in [0.2, 0.25) is 5.91 Å². The van der Waals surface area contributed by atoms with Crippen molar-refractivity contribution in [3.63, 3.8) is 0 Å². The largest absolute Gasteiger partial charge is 0.377 e. The molecule has 2 aromatic rings. The molecule has 0 unspecified atom stereocenters. The van der Waals surface area contributed by atoms with Crippen LogP contribution in [0.1, 0.15) is 18.4 Å². The molecule has 0 aromatic heterocycles. The minimum Gasteiger partial charge on any atom is -0.377 e. The van der Waals surface area contributed by atoms with Crippen molar-refractivity contribution in [1.82, 2.24) is 0 Å². The summed E-state index contributed by atoms with van der Waals surface area (Å²) in [5.74, 6) is -0.394. The molecule has 0 aliphatic carbocycles. The quantitative estimate of drug-likeness (QED) is 0.921. The Bertz CT molecular complexity index is 859. The number of rotatable bonds is 4. The Morgan fingerprint density at radius 2 is 1.85 bits per heavy atom. The van der Waals surface area contributed by atoms with Crippen molar-refractivity contribution < 1.29 is 9.59 Å². The van der Waals surface area contributed by atoms with E-state index in [-0.39, 0.29) is 18.2 Å². The number of anilines is 3. The highest BCUT2D eigenvalue weighted by atomic mass is 16.2. The van der Waals surface area contributed by atoms with Crippen LogP contribution in [0.5, 0.6) is 0 Å². The van der Waals surface area contributed by atoms with Crippen molar-refractivity contribution in [2.45, 2.75) is 19.8 Å². The van der Waals surface area contributed by atoms with Gasteiger partial charge in [0.25, 0.3) is 5.91 Å². The van der Waals surface area contributed by atoms with Crippen LogP contribution < -0.4 is 15.2 Å². The second kappa shape index (κ2) is 7.39. The summed E-state index contributed by atoms with van der Waals surface area (Å²) in [5, 5.41) is 8.46. The summed E-state index contributed by atoms with van der Waals surface area (Å²) in [6.45, 7) is 2.00. The predicted octanol–water partition coefficient (Wildman–Crippen LogP) is 3.18. The van der Waals surface area contributed by atoms with Gasteiger partial charge in [-0.1, -0.05) is 18.2 Å². The molecule has 1 aliphatic rings. The number of amides is 2. The fourth-order valence-electron chi connectivity index (χ4n) is 2.93. The lowest BCUT2D eigenvalue weighted by molar-refractivity contribution is -0.118. The van der Waals surface area contributed by atoms with E-state index in [0.29, 0.717) is 23.5 Å². The van der Waals surface area contributed by atoms with Gasteiger partial charge in [0, 0.05) is 38.3 Å². The van der Waals surface area contributed by atoms with Gasteiger partial charge >= 0.3 is 0 Å². The molecular formula is C20H22N4O2. The van der Waals surface area contributed by atoms with E-state index in [0.717, 1.165) is 11.3 Å². The van der Waals surface area contributed by atoms with E-state index < -0.39 is 0 Å². The van der Waals surface area contributed by atoms with Gasteiger partial charge < -0.3 is 10.2 Å². The summed E-state index contributed by atoms with van der Waals surface area (Å²) < 4.78 is 0. The minimum absolute atomic E-state index is 0.112. The van der Waals surface area contributed by atoms with Crippen LogP contribution in [0.3, 0.4) is 0 Å². The van der Waals surface area contributed by atoms with E-state index in [1.54, 1.807) is 12.1 Å². The van der Waals surface area contributed by atoms with Crippen molar-refractivity contribution in [2.75, 3.05) is 29.3 Å². The summed E-state index contributed by atoms with van der Waals surface area (Å²) in [6, 6.07) is 14.9. The van der Waals surface area contributed by atoms with Crippen molar-refractivity contribution in [3.05, 3.63) is 54.1 Å². The monoisotopic (exact) mass is 350 g/mol. The first kappa shape index (κ1) is 17.7. The lowest BCUT2D eigenvalue weighted by Crippen LogP contribution is -2.36. The van der Waals surface area contributed by atoms with Gasteiger partial charge in [0.15, 0.2) is 0 Å². The number of nitrogens with zero attached hydrogens (tertiary/aromatic N) is 3. The lowest BCUT2D eigenvalue weighted by atomic mass is 10.1. The first-order chi connectivity index (χ1) is 12.5. The third-order valence-electron chi connectivity index (χ3n) is 4.23. The van der Waals surface area contributed by atoms with Gasteiger partial charge in [0.05, 0.1) is 5.69 Å². The van der Waals surface area contributed by atoms with Crippen molar-refractivity contribution in [2.24, 2.45) is 5.10 Å². The molecule has 6 nitrogen and oxygen atoms in total. The molecule has 0 atom stereocenters. The average molecular weight is 350 g/mol. The normalized spacial score (nSPS) is 14.0. The zero-order valence-electron chi connectivity index (χ0n) is 15.2. The number of carbonyl (C=O) groups excluding carboxylic acids is 2. The second-order valence-electron chi connectivity index (χ2n) is 6.44. The molecule has 0 radical (unpaired) electrons. The van der Waals surface area contributed by atoms with Crippen molar-refractivity contribution >= 4 is 34.6 Å². The standard InChI is InChI=1S/C20H22N4O2/c1-14-13-15(9-11-18(14)23(2)3)21-20(26)17-10-12-19(25)24(22-17)16-7-5-4-6-8-16/h4-9,11,13H,10,12H2,1-3H3,(H,21,26). The molecule has 134 valence electrons. The maximum Gasteiger partial charge on any atom is 0.271 e. The number of benzene rings is 2. The Morgan fingerprint density at radius 3 is 2.50 bits per heavy atom. The molecule has 3 rings (SSSR count). The highest BCUT2D eigenvalue weighted by Gasteiger charge is 2.25. The zero-order valence-corrected chi connectivity index (χ0v) is 15.2. The molecule has 0 bridgehead atoms. The summed E-state index contributed by atoms with van der Waals surface area (Å²) in [4.78, 5) is 26.8. The van der Waals surface area contributed by atoms with Gasteiger partial charge in [-0.15, -0.1) is 0 Å². The Labute approximate surface area is 153 Å². The predicted molar refractivity (Wildman–Crippen MR) is 105 cm³/mol. The molecule has 1 heterocycles. The van der Waals surface area contributed by atoms with Gasteiger partial charge in [-0.05, 0) is 42.8 Å². The topological polar surface area (TPSA) is 65.0 Å². The zero-order chi connectivity index (χ0) is 18.7. The van der Waals surface area contributed by atoms with Crippen LogP contribution in [-0.4, -0.2) is 31.6 Å². The molecule has 1 aliphatic heterocycles. The Balaban J connectivity index is 1.79. The second-order valence-corrected chi connectivity index (χ2v) is 6.44. The smallest absolute Gasteiger partial charge is 0.271 e. The molecule has 6 heteroatoms. The van der Waals surface area contributed by atoms with Crippen molar-refractivity contribution in [1.29, 1.82) is 0 Å². The van der Waals surface area contributed by atoms with E-state index >= 15 is 0 Å². The van der Waals surface area contributed by atoms with Gasteiger partial charge in [-0.3, -0.25) is 9.59 Å². The van der Waals surface area contributed by atoms with Crippen LogP contribution in [0.25, 0.3) is 0 Å². The van der Waals surface area contributed by atoms with Crippen LogP contribution in [-0.2, 0) is 9.59 Å². The van der Waals surface area contributed by atoms with Crippen LogP contribution in [0.4, 0.5) is 17.1 Å². The average Bonchev–Trinajstić information content (AvgIpc) is 2.62. The molecule has 1 N–H and O–H groups in total. The minimum atomic E-state index is -0.282. The van der Waals surface area contributed by atoms with Crippen molar-refractivity contribution in [3.8, 4) is 0 Å². The highest BCUT2D eigenvalue weighted by Crippen LogP contribution is 2.23. The third-order valence-corrected chi connectivity index (χ3v) is 4.23. The molecule has 26 heavy (non-hydrogen) atoms. The number of hydrazone groups is 1. The third kappa shape index (κ3) is 3.74. The number of para-hydroxylation sites is 1. The van der Waals surface area contributed by atoms with E-state index in [1.807, 2.05) is 62.3 Å². The number of carbonyl (C=O) groups is 2. The number of hydrogen-bond donors (Lipinski definition) is 1. The Hall–Kier alpha value is -3.15. The Kier molecular flexibility index (Phi) is 5.02. The maximum atomic E-state index is 12.6. The van der Waals surface area contributed by atoms with E-state index in [9.17, 15) is 9.59 Å². The van der Waals surface area contributed by atoms with Gasteiger partial charge in [-0.25, -0.2) is 5.01 Å². The number of nitrogens with one attached hydrogen (secondary N) is 1.